The summed E-state index contributed by atoms with van der Waals surface area (Å²) in [5.41, 5.74) is -1.25. The van der Waals surface area contributed by atoms with Crippen molar-refractivity contribution in [2.24, 2.45) is 0 Å². The second-order valence-corrected chi connectivity index (χ2v) is 3.82. The molecule has 0 spiro atoms. The zero-order valence-corrected chi connectivity index (χ0v) is 8.71. The van der Waals surface area contributed by atoms with Crippen LogP contribution in [0.25, 0.3) is 0 Å². The summed E-state index contributed by atoms with van der Waals surface area (Å²) in [5.74, 6) is 0. The standard InChI is InChI=1S/C10H11FN2O4/c11-4-5-3-6(9(16)8(5)15)13-2-1-7(14)12-10(13)17/h1-3,6,8-9,15-16H,4H2,(H,12,14,17)/t6-,8?,9?/m1/s1. The normalized spacial score (nSPS) is 28.2. The third kappa shape index (κ3) is 1.94. The van der Waals surface area contributed by atoms with Crippen LogP contribution in [0.15, 0.2) is 33.5 Å². The van der Waals surface area contributed by atoms with Crippen molar-refractivity contribution < 1.29 is 14.6 Å². The molecule has 2 rings (SSSR count). The fourth-order valence-electron chi connectivity index (χ4n) is 1.85. The number of nitrogens with one attached hydrogen (secondary N) is 1. The predicted octanol–water partition coefficient (Wildman–Crippen LogP) is -1.29. The molecular weight excluding hydrogens is 231 g/mol. The SMILES string of the molecule is O=c1ccn([C@@H]2C=C(CF)C(O)C2O)c(=O)[nH]1. The van der Waals surface area contributed by atoms with Crippen molar-refractivity contribution in [2.75, 3.05) is 6.67 Å². The third-order valence-corrected chi connectivity index (χ3v) is 2.76. The number of halogens is 1. The van der Waals surface area contributed by atoms with Crippen LogP contribution in [-0.2, 0) is 0 Å². The first kappa shape index (κ1) is 11.7. The molecule has 0 amide bonds. The molecule has 1 heterocycles. The predicted molar refractivity (Wildman–Crippen MR) is 56.4 cm³/mol. The molecule has 7 heteroatoms. The van der Waals surface area contributed by atoms with E-state index in [0.717, 1.165) is 10.6 Å². The average molecular weight is 242 g/mol. The van der Waals surface area contributed by atoms with Crippen LogP contribution >= 0.6 is 0 Å². The van der Waals surface area contributed by atoms with Crippen LogP contribution < -0.4 is 11.2 Å². The van der Waals surface area contributed by atoms with E-state index in [4.69, 9.17) is 0 Å². The van der Waals surface area contributed by atoms with Crippen LogP contribution in [0.2, 0.25) is 0 Å². The van der Waals surface area contributed by atoms with Crippen LogP contribution in [-0.4, -0.2) is 38.6 Å². The van der Waals surface area contributed by atoms with Crippen molar-refractivity contribution in [3.63, 3.8) is 0 Å². The van der Waals surface area contributed by atoms with Crippen LogP contribution in [0.5, 0.6) is 0 Å². The van der Waals surface area contributed by atoms with Crippen LogP contribution in [0, 0.1) is 0 Å². The van der Waals surface area contributed by atoms with Gasteiger partial charge in [0.2, 0.25) is 0 Å². The fraction of sp³-hybridized carbons (Fsp3) is 0.400. The van der Waals surface area contributed by atoms with Gasteiger partial charge in [0, 0.05) is 12.3 Å². The zero-order valence-electron chi connectivity index (χ0n) is 8.71. The molecule has 1 aliphatic carbocycles. The van der Waals surface area contributed by atoms with Crippen molar-refractivity contribution in [3.05, 3.63) is 44.8 Å². The lowest BCUT2D eigenvalue weighted by Crippen LogP contribution is -2.37. The minimum absolute atomic E-state index is 0.0283. The minimum atomic E-state index is -1.33. The van der Waals surface area contributed by atoms with Gasteiger partial charge in [0.25, 0.3) is 5.56 Å². The number of rotatable bonds is 2. The number of aliphatic hydroxyl groups excluding tert-OH is 2. The van der Waals surface area contributed by atoms with E-state index in [9.17, 15) is 24.2 Å². The number of H-pyrrole nitrogens is 1. The number of nitrogens with zero attached hydrogens (tertiary/aromatic N) is 1. The molecule has 6 nitrogen and oxygen atoms in total. The van der Waals surface area contributed by atoms with Crippen molar-refractivity contribution in [2.45, 2.75) is 18.2 Å². The summed E-state index contributed by atoms with van der Waals surface area (Å²) in [6, 6.07) is 0.238. The van der Waals surface area contributed by atoms with Crippen LogP contribution in [0.1, 0.15) is 6.04 Å². The molecule has 0 radical (unpaired) electrons. The zero-order chi connectivity index (χ0) is 12.6. The van der Waals surface area contributed by atoms with Gasteiger partial charge in [-0.1, -0.05) is 6.08 Å². The molecule has 0 saturated heterocycles. The van der Waals surface area contributed by atoms with Crippen molar-refractivity contribution in [1.29, 1.82) is 0 Å². The Morgan fingerprint density at radius 3 is 2.65 bits per heavy atom. The Morgan fingerprint density at radius 2 is 2.12 bits per heavy atom. The summed E-state index contributed by atoms with van der Waals surface area (Å²) in [7, 11) is 0. The Balaban J connectivity index is 2.45. The first-order valence-electron chi connectivity index (χ1n) is 4.98. The van der Waals surface area contributed by atoms with E-state index in [1.54, 1.807) is 0 Å². The highest BCUT2D eigenvalue weighted by molar-refractivity contribution is 5.23. The molecule has 0 saturated carbocycles. The molecular formula is C10H11FN2O4. The molecule has 3 N–H and O–H groups in total. The fourth-order valence-corrected chi connectivity index (χ4v) is 1.85. The lowest BCUT2D eigenvalue weighted by molar-refractivity contribution is 0.0290. The third-order valence-electron chi connectivity index (χ3n) is 2.76. The Bertz CT molecular complexity index is 562. The number of hydrogen-bond donors (Lipinski definition) is 3. The van der Waals surface area contributed by atoms with Crippen molar-refractivity contribution >= 4 is 0 Å². The lowest BCUT2D eigenvalue weighted by Gasteiger charge is -2.18. The van der Waals surface area contributed by atoms with Crippen molar-refractivity contribution in [1.82, 2.24) is 9.55 Å². The minimum Gasteiger partial charge on any atom is -0.388 e. The van der Waals surface area contributed by atoms with Gasteiger partial charge in [-0.05, 0) is 5.57 Å². The summed E-state index contributed by atoms with van der Waals surface area (Å²) >= 11 is 0. The smallest absolute Gasteiger partial charge is 0.328 e. The van der Waals surface area contributed by atoms with Gasteiger partial charge in [-0.2, -0.15) is 0 Å². The van der Waals surface area contributed by atoms with E-state index < -0.39 is 36.2 Å². The van der Waals surface area contributed by atoms with Crippen LogP contribution in [0.4, 0.5) is 4.39 Å². The van der Waals surface area contributed by atoms with E-state index in [-0.39, 0.29) is 5.57 Å². The molecule has 0 fully saturated rings. The van der Waals surface area contributed by atoms with Gasteiger partial charge in [-0.3, -0.25) is 14.3 Å². The molecule has 1 aliphatic rings. The number of alkyl halides is 1. The first-order valence-corrected chi connectivity index (χ1v) is 4.98. The van der Waals surface area contributed by atoms with Gasteiger partial charge in [-0.15, -0.1) is 0 Å². The molecule has 1 aromatic rings. The van der Waals surface area contributed by atoms with Crippen LogP contribution in [0.3, 0.4) is 0 Å². The highest BCUT2D eigenvalue weighted by Crippen LogP contribution is 2.28. The molecule has 1 aromatic heterocycles. The van der Waals surface area contributed by atoms with E-state index in [0.29, 0.717) is 0 Å². The maximum atomic E-state index is 12.5. The molecule has 2 unspecified atom stereocenters. The summed E-state index contributed by atoms with van der Waals surface area (Å²) in [5, 5.41) is 19.2. The highest BCUT2D eigenvalue weighted by Gasteiger charge is 2.35. The van der Waals surface area contributed by atoms with Gasteiger partial charge in [0.05, 0.1) is 6.04 Å². The highest BCUT2D eigenvalue weighted by atomic mass is 19.1. The molecule has 3 atom stereocenters. The summed E-state index contributed by atoms with van der Waals surface area (Å²) in [4.78, 5) is 24.4. The molecule has 0 bridgehead atoms. The molecule has 0 aliphatic heterocycles. The number of aliphatic hydroxyl groups is 2. The Kier molecular flexibility index (Phi) is 2.95. The maximum absolute atomic E-state index is 12.5. The average Bonchev–Trinajstić information content (AvgIpc) is 2.57. The van der Waals surface area contributed by atoms with E-state index in [2.05, 4.69) is 0 Å². The summed E-state index contributed by atoms with van der Waals surface area (Å²) in [6.45, 7) is -0.896. The molecule has 17 heavy (non-hydrogen) atoms. The number of hydrogen-bond acceptors (Lipinski definition) is 4. The maximum Gasteiger partial charge on any atom is 0.328 e. The van der Waals surface area contributed by atoms with Gasteiger partial charge in [0.1, 0.15) is 18.9 Å². The molecule has 0 aromatic carbocycles. The van der Waals surface area contributed by atoms with E-state index in [1.165, 1.54) is 12.3 Å². The Hall–Kier alpha value is -1.73. The second-order valence-electron chi connectivity index (χ2n) is 3.82. The monoisotopic (exact) mass is 242 g/mol. The summed E-state index contributed by atoms with van der Waals surface area (Å²) in [6.07, 6.45) is -0.151. The van der Waals surface area contributed by atoms with Gasteiger partial charge < -0.3 is 10.2 Å². The first-order chi connectivity index (χ1) is 8.04. The van der Waals surface area contributed by atoms with Gasteiger partial charge in [0.15, 0.2) is 0 Å². The largest absolute Gasteiger partial charge is 0.388 e. The second kappa shape index (κ2) is 4.27. The van der Waals surface area contributed by atoms with Crippen molar-refractivity contribution in [3.8, 4) is 0 Å². The Labute approximate surface area is 94.7 Å². The summed E-state index contributed by atoms with van der Waals surface area (Å²) < 4.78 is 13.5. The van der Waals surface area contributed by atoms with E-state index >= 15 is 0 Å². The molecule has 92 valence electrons. The van der Waals surface area contributed by atoms with Gasteiger partial charge >= 0.3 is 5.69 Å². The lowest BCUT2D eigenvalue weighted by atomic mass is 10.1. The Morgan fingerprint density at radius 1 is 1.41 bits per heavy atom. The quantitative estimate of drug-likeness (QED) is 0.562. The number of aromatic nitrogens is 2. The topological polar surface area (TPSA) is 95.3 Å². The number of aromatic amines is 1. The van der Waals surface area contributed by atoms with E-state index in [1.807, 2.05) is 4.98 Å². The van der Waals surface area contributed by atoms with Gasteiger partial charge in [-0.25, -0.2) is 9.18 Å².